The molecule has 1 aliphatic rings. The average Bonchev–Trinajstić information content (AvgIpc) is 2.37. The number of nitro benzene ring substituents is 1. The van der Waals surface area contributed by atoms with Crippen LogP contribution in [0.1, 0.15) is 30.1 Å². The number of benzene rings is 1. The lowest BCUT2D eigenvalue weighted by Gasteiger charge is -2.32. The van der Waals surface area contributed by atoms with Crippen LogP contribution in [0, 0.1) is 16.0 Å². The summed E-state index contributed by atoms with van der Waals surface area (Å²) in [6.07, 6.45) is 2.21. The van der Waals surface area contributed by atoms with Gasteiger partial charge in [-0.15, -0.1) is 0 Å². The van der Waals surface area contributed by atoms with Crippen LogP contribution < -0.4 is 4.90 Å². The molecule has 0 amide bonds. The molecule has 1 fully saturated rings. The van der Waals surface area contributed by atoms with E-state index in [4.69, 9.17) is 5.11 Å². The number of nitro groups is 1. The molecule has 0 aliphatic carbocycles. The molecule has 1 unspecified atom stereocenters. The van der Waals surface area contributed by atoms with Crippen LogP contribution in [0.15, 0.2) is 18.2 Å². The Morgan fingerprint density at radius 2 is 2.26 bits per heavy atom. The van der Waals surface area contributed by atoms with Gasteiger partial charge in [-0.1, -0.05) is 6.92 Å². The van der Waals surface area contributed by atoms with Crippen molar-refractivity contribution in [2.45, 2.75) is 19.8 Å². The number of carboxylic acids is 1. The van der Waals surface area contributed by atoms with E-state index in [0.29, 0.717) is 5.92 Å². The molecule has 0 radical (unpaired) electrons. The SMILES string of the molecule is CC1CCCN(c2ccc(C(=O)O)c([N+](=O)[O-])c2)C1. The lowest BCUT2D eigenvalue weighted by molar-refractivity contribution is -0.385. The second kappa shape index (κ2) is 5.26. The normalized spacial score (nSPS) is 19.2. The molecule has 1 aromatic carbocycles. The summed E-state index contributed by atoms with van der Waals surface area (Å²) in [7, 11) is 0. The molecule has 102 valence electrons. The van der Waals surface area contributed by atoms with E-state index in [2.05, 4.69) is 11.8 Å². The number of carboxylic acid groups (broad SMARTS) is 1. The molecule has 0 saturated carbocycles. The molecule has 1 saturated heterocycles. The number of carbonyl (C=O) groups is 1. The first kappa shape index (κ1) is 13.3. The quantitative estimate of drug-likeness (QED) is 0.670. The van der Waals surface area contributed by atoms with Gasteiger partial charge in [0.05, 0.1) is 4.92 Å². The van der Waals surface area contributed by atoms with E-state index in [1.54, 1.807) is 6.07 Å². The Morgan fingerprint density at radius 3 is 2.84 bits per heavy atom. The third-order valence-corrected chi connectivity index (χ3v) is 3.43. The molecule has 1 atom stereocenters. The minimum Gasteiger partial charge on any atom is -0.477 e. The second-order valence-electron chi connectivity index (χ2n) is 4.96. The van der Waals surface area contributed by atoms with Crippen molar-refractivity contribution in [1.82, 2.24) is 0 Å². The number of hydrogen-bond acceptors (Lipinski definition) is 4. The number of anilines is 1. The molecule has 1 aromatic rings. The Labute approximate surface area is 110 Å². The third-order valence-electron chi connectivity index (χ3n) is 3.43. The Kier molecular flexibility index (Phi) is 3.69. The lowest BCUT2D eigenvalue weighted by atomic mass is 9.99. The van der Waals surface area contributed by atoms with Gasteiger partial charge in [0.15, 0.2) is 0 Å². The molecule has 0 spiro atoms. The molecule has 0 bridgehead atoms. The molecular formula is C13H16N2O4. The average molecular weight is 264 g/mol. The third kappa shape index (κ3) is 2.83. The molecule has 0 aromatic heterocycles. The molecular weight excluding hydrogens is 248 g/mol. The van der Waals surface area contributed by atoms with Crippen molar-refractivity contribution in [2.24, 2.45) is 5.92 Å². The van der Waals surface area contributed by atoms with E-state index >= 15 is 0 Å². The van der Waals surface area contributed by atoms with Gasteiger partial charge in [-0.05, 0) is 30.9 Å². The maximum atomic E-state index is 10.9. The largest absolute Gasteiger partial charge is 0.477 e. The second-order valence-corrected chi connectivity index (χ2v) is 4.96. The standard InChI is InChI=1S/C13H16N2O4/c1-9-3-2-6-14(8-9)10-4-5-11(13(16)17)12(7-10)15(18)19/h4-5,7,9H,2-3,6,8H2,1H3,(H,16,17). The van der Waals surface area contributed by atoms with Gasteiger partial charge in [0.1, 0.15) is 5.56 Å². The highest BCUT2D eigenvalue weighted by molar-refractivity contribution is 5.93. The van der Waals surface area contributed by atoms with Gasteiger partial charge in [-0.3, -0.25) is 10.1 Å². The maximum absolute atomic E-state index is 10.9. The van der Waals surface area contributed by atoms with Crippen LogP contribution in [-0.2, 0) is 0 Å². The molecule has 1 heterocycles. The van der Waals surface area contributed by atoms with E-state index in [9.17, 15) is 14.9 Å². The van der Waals surface area contributed by atoms with Gasteiger partial charge in [0, 0.05) is 24.8 Å². The molecule has 6 nitrogen and oxygen atoms in total. The number of nitrogens with zero attached hydrogens (tertiary/aromatic N) is 2. The predicted octanol–water partition coefficient (Wildman–Crippen LogP) is 2.53. The van der Waals surface area contributed by atoms with Gasteiger partial charge in [0.2, 0.25) is 0 Å². The minimum atomic E-state index is -1.27. The fourth-order valence-electron chi connectivity index (χ4n) is 2.47. The van der Waals surface area contributed by atoms with Gasteiger partial charge < -0.3 is 10.0 Å². The van der Waals surface area contributed by atoms with Crippen LogP contribution >= 0.6 is 0 Å². The molecule has 19 heavy (non-hydrogen) atoms. The van der Waals surface area contributed by atoms with E-state index in [1.807, 2.05) is 0 Å². The van der Waals surface area contributed by atoms with Crippen molar-refractivity contribution in [3.05, 3.63) is 33.9 Å². The summed E-state index contributed by atoms with van der Waals surface area (Å²) in [5.41, 5.74) is 0.116. The highest BCUT2D eigenvalue weighted by Crippen LogP contribution is 2.28. The van der Waals surface area contributed by atoms with E-state index in [0.717, 1.165) is 31.6 Å². The molecule has 1 N–H and O–H groups in total. The Balaban J connectivity index is 2.35. The maximum Gasteiger partial charge on any atom is 0.342 e. The van der Waals surface area contributed by atoms with Gasteiger partial charge in [-0.2, -0.15) is 0 Å². The topological polar surface area (TPSA) is 83.7 Å². The van der Waals surface area contributed by atoms with Crippen molar-refractivity contribution >= 4 is 17.3 Å². The Hall–Kier alpha value is -2.11. The Bertz CT molecular complexity index is 515. The Morgan fingerprint density at radius 1 is 1.53 bits per heavy atom. The number of aromatic carboxylic acids is 1. The smallest absolute Gasteiger partial charge is 0.342 e. The summed E-state index contributed by atoms with van der Waals surface area (Å²) in [6.45, 7) is 3.85. The lowest BCUT2D eigenvalue weighted by Crippen LogP contribution is -2.34. The van der Waals surface area contributed by atoms with Crippen molar-refractivity contribution in [3.63, 3.8) is 0 Å². The van der Waals surface area contributed by atoms with E-state index in [-0.39, 0.29) is 11.3 Å². The van der Waals surface area contributed by atoms with Crippen LogP contribution in [0.2, 0.25) is 0 Å². The van der Waals surface area contributed by atoms with Gasteiger partial charge >= 0.3 is 5.97 Å². The van der Waals surface area contributed by atoms with Crippen LogP contribution in [0.4, 0.5) is 11.4 Å². The summed E-state index contributed by atoms with van der Waals surface area (Å²) in [6, 6.07) is 4.32. The fourth-order valence-corrected chi connectivity index (χ4v) is 2.47. The number of rotatable bonds is 3. The summed E-state index contributed by atoms with van der Waals surface area (Å²) < 4.78 is 0. The highest BCUT2D eigenvalue weighted by Gasteiger charge is 2.23. The first-order chi connectivity index (χ1) is 8.99. The summed E-state index contributed by atoms with van der Waals surface area (Å²) >= 11 is 0. The van der Waals surface area contributed by atoms with Crippen LogP contribution in [0.5, 0.6) is 0 Å². The summed E-state index contributed by atoms with van der Waals surface area (Å²) in [4.78, 5) is 23.3. The monoisotopic (exact) mass is 264 g/mol. The number of hydrogen-bond donors (Lipinski definition) is 1. The van der Waals surface area contributed by atoms with Crippen molar-refractivity contribution < 1.29 is 14.8 Å². The zero-order valence-electron chi connectivity index (χ0n) is 10.7. The minimum absolute atomic E-state index is 0.265. The number of piperidine rings is 1. The van der Waals surface area contributed by atoms with Crippen molar-refractivity contribution in [2.75, 3.05) is 18.0 Å². The first-order valence-corrected chi connectivity index (χ1v) is 6.25. The highest BCUT2D eigenvalue weighted by atomic mass is 16.6. The summed E-state index contributed by atoms with van der Waals surface area (Å²) in [5, 5.41) is 19.9. The van der Waals surface area contributed by atoms with Crippen LogP contribution in [0.25, 0.3) is 0 Å². The molecule has 6 heteroatoms. The van der Waals surface area contributed by atoms with Gasteiger partial charge in [0.25, 0.3) is 5.69 Å². The predicted molar refractivity (Wildman–Crippen MR) is 70.7 cm³/mol. The zero-order chi connectivity index (χ0) is 14.0. The first-order valence-electron chi connectivity index (χ1n) is 6.25. The van der Waals surface area contributed by atoms with Crippen molar-refractivity contribution in [3.8, 4) is 0 Å². The fraction of sp³-hybridized carbons (Fsp3) is 0.462. The van der Waals surface area contributed by atoms with Crippen LogP contribution in [0.3, 0.4) is 0 Å². The molecule has 1 aliphatic heterocycles. The molecule has 2 rings (SSSR count). The van der Waals surface area contributed by atoms with E-state index in [1.165, 1.54) is 12.1 Å². The van der Waals surface area contributed by atoms with E-state index < -0.39 is 10.9 Å². The summed E-state index contributed by atoms with van der Waals surface area (Å²) in [5.74, 6) is -0.725. The van der Waals surface area contributed by atoms with Crippen molar-refractivity contribution in [1.29, 1.82) is 0 Å². The van der Waals surface area contributed by atoms with Gasteiger partial charge in [-0.25, -0.2) is 4.79 Å². The van der Waals surface area contributed by atoms with Crippen LogP contribution in [-0.4, -0.2) is 29.1 Å². The zero-order valence-corrected chi connectivity index (χ0v) is 10.7.